The van der Waals surface area contributed by atoms with Crippen molar-refractivity contribution in [1.82, 2.24) is 0 Å². The lowest BCUT2D eigenvalue weighted by molar-refractivity contribution is 0.858. The Morgan fingerprint density at radius 2 is 0.931 bits per heavy atom. The lowest BCUT2D eigenvalue weighted by atomic mass is 9.98. The first kappa shape index (κ1) is 19.4. The molecule has 0 spiro atoms. The molecule has 0 unspecified atom stereocenters. The van der Waals surface area contributed by atoms with E-state index in [2.05, 4.69) is 130 Å². The number of hydrogen-bond donors (Lipinski definition) is 0. The topological polar surface area (TPSA) is 0 Å². The summed E-state index contributed by atoms with van der Waals surface area (Å²) in [5, 5.41) is 5.73. The SMILES string of the molecule is Cc1ccc([Si](c2ccccc2)(c2ccccc2)c2ccccc2)cc1C(C)C. The highest BCUT2D eigenvalue weighted by molar-refractivity contribution is 7.19. The van der Waals surface area contributed by atoms with Crippen molar-refractivity contribution in [2.24, 2.45) is 0 Å². The minimum absolute atomic E-state index is 0.504. The second-order valence-corrected chi connectivity index (χ2v) is 11.9. The van der Waals surface area contributed by atoms with Crippen molar-refractivity contribution in [2.45, 2.75) is 26.7 Å². The van der Waals surface area contributed by atoms with Crippen LogP contribution >= 0.6 is 0 Å². The fourth-order valence-electron chi connectivity index (χ4n) is 4.56. The van der Waals surface area contributed by atoms with Gasteiger partial charge in [0.05, 0.1) is 0 Å². The van der Waals surface area contributed by atoms with E-state index in [4.69, 9.17) is 0 Å². The minimum Gasteiger partial charge on any atom is -0.0623 e. The number of rotatable bonds is 5. The summed E-state index contributed by atoms with van der Waals surface area (Å²) in [5.41, 5.74) is 2.82. The molecule has 0 aliphatic carbocycles. The van der Waals surface area contributed by atoms with Gasteiger partial charge in [0.1, 0.15) is 0 Å². The molecule has 4 aromatic rings. The van der Waals surface area contributed by atoms with Crippen LogP contribution in [0.25, 0.3) is 0 Å². The summed E-state index contributed by atoms with van der Waals surface area (Å²) in [6, 6.07) is 40.5. The smallest absolute Gasteiger partial charge is 0.0623 e. The van der Waals surface area contributed by atoms with E-state index in [9.17, 15) is 0 Å². The van der Waals surface area contributed by atoms with Gasteiger partial charge >= 0.3 is 0 Å². The van der Waals surface area contributed by atoms with Crippen molar-refractivity contribution in [3.8, 4) is 0 Å². The summed E-state index contributed by atoms with van der Waals surface area (Å²) < 4.78 is 0. The molecule has 4 aromatic carbocycles. The van der Waals surface area contributed by atoms with Gasteiger partial charge in [-0.25, -0.2) is 0 Å². The van der Waals surface area contributed by atoms with E-state index in [1.54, 1.807) is 0 Å². The van der Waals surface area contributed by atoms with Gasteiger partial charge in [-0.3, -0.25) is 0 Å². The summed E-state index contributed by atoms with van der Waals surface area (Å²) in [4.78, 5) is 0. The van der Waals surface area contributed by atoms with Crippen molar-refractivity contribution >= 4 is 28.8 Å². The van der Waals surface area contributed by atoms with E-state index < -0.39 is 8.07 Å². The number of hydrogen-bond acceptors (Lipinski definition) is 0. The zero-order valence-electron chi connectivity index (χ0n) is 17.5. The number of aryl methyl sites for hydroxylation is 1. The van der Waals surface area contributed by atoms with Crippen LogP contribution in [0.4, 0.5) is 0 Å². The van der Waals surface area contributed by atoms with E-state index in [0.717, 1.165) is 0 Å². The highest BCUT2D eigenvalue weighted by atomic mass is 28.3. The molecule has 0 heterocycles. The van der Waals surface area contributed by atoms with Gasteiger partial charge in [0, 0.05) is 0 Å². The van der Waals surface area contributed by atoms with Crippen LogP contribution in [-0.2, 0) is 0 Å². The Balaban J connectivity index is 2.13. The van der Waals surface area contributed by atoms with Crippen LogP contribution in [0.1, 0.15) is 30.9 Å². The molecular weight excluding hydrogens is 364 g/mol. The molecule has 4 rings (SSSR count). The van der Waals surface area contributed by atoms with E-state index in [1.165, 1.54) is 31.9 Å². The van der Waals surface area contributed by atoms with Gasteiger partial charge in [-0.2, -0.15) is 0 Å². The maximum atomic E-state index is 2.49. The quantitative estimate of drug-likeness (QED) is 0.347. The van der Waals surface area contributed by atoms with Gasteiger partial charge in [-0.15, -0.1) is 0 Å². The van der Waals surface area contributed by atoms with E-state index in [0.29, 0.717) is 5.92 Å². The summed E-state index contributed by atoms with van der Waals surface area (Å²) in [5.74, 6) is 0.504. The second-order valence-electron chi connectivity index (χ2n) is 8.07. The van der Waals surface area contributed by atoms with Gasteiger partial charge in [-0.05, 0) is 44.7 Å². The first-order valence-corrected chi connectivity index (χ1v) is 12.4. The van der Waals surface area contributed by atoms with Gasteiger partial charge in [0.15, 0.2) is 8.07 Å². The molecule has 0 fully saturated rings. The zero-order chi connectivity index (χ0) is 20.3. The molecule has 1 heteroatoms. The summed E-state index contributed by atoms with van der Waals surface area (Å²) in [6.45, 7) is 6.82. The highest BCUT2D eigenvalue weighted by Gasteiger charge is 2.41. The summed E-state index contributed by atoms with van der Waals surface area (Å²) in [6.07, 6.45) is 0. The predicted molar refractivity (Wildman–Crippen MR) is 129 cm³/mol. The lowest BCUT2D eigenvalue weighted by Crippen LogP contribution is -2.74. The molecule has 0 saturated heterocycles. The standard InChI is InChI=1S/C28H28Si/c1-22(2)28-21-27(20-19-23(28)3)29(24-13-7-4-8-14-24,25-15-9-5-10-16-25)26-17-11-6-12-18-26/h4-22H,1-3H3. The Kier molecular flexibility index (Phi) is 5.51. The minimum atomic E-state index is -2.40. The Morgan fingerprint density at radius 3 is 1.31 bits per heavy atom. The van der Waals surface area contributed by atoms with Crippen molar-refractivity contribution < 1.29 is 0 Å². The summed E-state index contributed by atoms with van der Waals surface area (Å²) in [7, 11) is -2.40. The van der Waals surface area contributed by atoms with E-state index >= 15 is 0 Å². The van der Waals surface area contributed by atoms with Crippen molar-refractivity contribution in [3.05, 3.63) is 120 Å². The van der Waals surface area contributed by atoms with E-state index in [1.807, 2.05) is 0 Å². The van der Waals surface area contributed by atoms with Crippen LogP contribution in [0.2, 0.25) is 0 Å². The van der Waals surface area contributed by atoms with Gasteiger partial charge < -0.3 is 0 Å². The average Bonchev–Trinajstić information content (AvgIpc) is 2.77. The molecule has 0 N–H and O–H groups in total. The maximum Gasteiger partial charge on any atom is 0.179 e. The first-order valence-electron chi connectivity index (χ1n) is 10.4. The van der Waals surface area contributed by atoms with Crippen molar-refractivity contribution in [2.75, 3.05) is 0 Å². The molecule has 0 radical (unpaired) electrons. The molecule has 0 atom stereocenters. The highest BCUT2D eigenvalue weighted by Crippen LogP contribution is 2.19. The van der Waals surface area contributed by atoms with E-state index in [-0.39, 0.29) is 0 Å². The molecule has 0 aromatic heterocycles. The largest absolute Gasteiger partial charge is 0.179 e. The molecule has 0 aliphatic rings. The van der Waals surface area contributed by atoms with Crippen LogP contribution in [-0.4, -0.2) is 8.07 Å². The van der Waals surface area contributed by atoms with Gasteiger partial charge in [0.2, 0.25) is 0 Å². The predicted octanol–water partition coefficient (Wildman–Crippen LogP) is 4.50. The van der Waals surface area contributed by atoms with Gasteiger partial charge in [-0.1, -0.05) is 123 Å². The van der Waals surface area contributed by atoms with Gasteiger partial charge in [0.25, 0.3) is 0 Å². The Hall–Kier alpha value is -2.90. The van der Waals surface area contributed by atoms with Crippen LogP contribution in [0.15, 0.2) is 109 Å². The summed E-state index contributed by atoms with van der Waals surface area (Å²) >= 11 is 0. The Morgan fingerprint density at radius 1 is 0.517 bits per heavy atom. The van der Waals surface area contributed by atoms with Crippen LogP contribution in [0, 0.1) is 6.92 Å². The van der Waals surface area contributed by atoms with Crippen molar-refractivity contribution in [3.63, 3.8) is 0 Å². The van der Waals surface area contributed by atoms with Crippen LogP contribution < -0.4 is 20.7 Å². The average molecular weight is 393 g/mol. The van der Waals surface area contributed by atoms with Crippen LogP contribution in [0.5, 0.6) is 0 Å². The molecule has 29 heavy (non-hydrogen) atoms. The first-order chi connectivity index (χ1) is 14.1. The molecule has 0 nitrogen and oxygen atoms in total. The normalized spacial score (nSPS) is 11.6. The monoisotopic (exact) mass is 392 g/mol. The molecule has 0 bridgehead atoms. The fourth-order valence-corrected chi connectivity index (χ4v) is 9.34. The fraction of sp³-hybridized carbons (Fsp3) is 0.143. The third-order valence-corrected chi connectivity index (χ3v) is 10.7. The molecular formula is C28H28Si. The maximum absolute atomic E-state index is 2.49. The molecule has 144 valence electrons. The number of benzene rings is 4. The van der Waals surface area contributed by atoms with Crippen LogP contribution in [0.3, 0.4) is 0 Å². The third-order valence-electron chi connectivity index (χ3n) is 5.95. The van der Waals surface area contributed by atoms with Crippen molar-refractivity contribution in [1.29, 1.82) is 0 Å². The molecule has 0 amide bonds. The third kappa shape index (κ3) is 3.47. The molecule has 0 saturated carbocycles. The molecule has 0 aliphatic heterocycles. The Labute approximate surface area is 175 Å². The Bertz CT molecular complexity index is 970. The zero-order valence-corrected chi connectivity index (χ0v) is 18.5. The lowest BCUT2D eigenvalue weighted by Gasteiger charge is -2.35. The second kappa shape index (κ2) is 8.22.